The zero-order valence-electron chi connectivity index (χ0n) is 20.6. The highest BCUT2D eigenvalue weighted by atomic mass is 16.5. The van der Waals surface area contributed by atoms with Crippen LogP contribution in [0.3, 0.4) is 0 Å². The summed E-state index contributed by atoms with van der Waals surface area (Å²) in [5, 5.41) is 21.7. The highest BCUT2D eigenvalue weighted by Crippen LogP contribution is 2.43. The molecule has 0 radical (unpaired) electrons. The van der Waals surface area contributed by atoms with Crippen molar-refractivity contribution in [1.29, 1.82) is 0 Å². The van der Waals surface area contributed by atoms with E-state index in [0.29, 0.717) is 25.3 Å². The lowest BCUT2D eigenvalue weighted by atomic mass is 9.81. The fourth-order valence-corrected chi connectivity index (χ4v) is 5.48. The number of ether oxygens (including phenoxy) is 1. The minimum absolute atomic E-state index is 0.359. The van der Waals surface area contributed by atoms with E-state index in [9.17, 15) is 10.2 Å². The second kappa shape index (κ2) is 9.92. The lowest BCUT2D eigenvalue weighted by Crippen LogP contribution is -2.35. The number of para-hydroxylation sites is 1. The Morgan fingerprint density at radius 3 is 2.51 bits per heavy atom. The first kappa shape index (κ1) is 23.6. The quantitative estimate of drug-likeness (QED) is 0.294. The van der Waals surface area contributed by atoms with Crippen LogP contribution in [0.15, 0.2) is 79.0 Å². The van der Waals surface area contributed by atoms with Crippen molar-refractivity contribution >= 4 is 21.9 Å². The molecule has 1 aliphatic carbocycles. The lowest BCUT2D eigenvalue weighted by molar-refractivity contribution is -0.134. The first-order valence-corrected chi connectivity index (χ1v) is 12.8. The minimum Gasteiger partial charge on any atom is -0.487 e. The van der Waals surface area contributed by atoms with Crippen molar-refractivity contribution in [3.63, 3.8) is 0 Å². The minimum atomic E-state index is -1.37. The molecule has 0 atom stereocenters. The predicted octanol–water partition coefficient (Wildman–Crippen LogP) is 5.02. The van der Waals surface area contributed by atoms with Crippen molar-refractivity contribution in [1.82, 2.24) is 19.5 Å². The van der Waals surface area contributed by atoms with Gasteiger partial charge in [-0.15, -0.1) is 0 Å². The maximum absolute atomic E-state index is 10.3. The van der Waals surface area contributed by atoms with Gasteiger partial charge in [-0.1, -0.05) is 43.2 Å². The van der Waals surface area contributed by atoms with Gasteiger partial charge in [-0.2, -0.15) is 0 Å². The topological polar surface area (TPSA) is 93.3 Å². The molecular formula is C30H30N4O3. The average molecular weight is 495 g/mol. The molecular weight excluding hydrogens is 464 g/mol. The van der Waals surface area contributed by atoms with Crippen molar-refractivity contribution in [2.45, 2.75) is 51.5 Å². The van der Waals surface area contributed by atoms with Gasteiger partial charge >= 0.3 is 0 Å². The molecule has 3 heterocycles. The van der Waals surface area contributed by atoms with Crippen LogP contribution < -0.4 is 4.74 Å². The highest BCUT2D eigenvalue weighted by Gasteiger charge is 2.41. The molecule has 5 aromatic rings. The molecule has 1 aliphatic rings. The van der Waals surface area contributed by atoms with E-state index in [0.717, 1.165) is 64.8 Å². The lowest BCUT2D eigenvalue weighted by Gasteiger charge is -2.30. The van der Waals surface area contributed by atoms with E-state index in [1.54, 1.807) is 6.20 Å². The second-order valence-corrected chi connectivity index (χ2v) is 9.99. The Morgan fingerprint density at radius 1 is 0.865 bits per heavy atom. The Kier molecular flexibility index (Phi) is 6.32. The molecule has 2 aromatic carbocycles. The largest absolute Gasteiger partial charge is 0.487 e. The number of aromatic nitrogens is 4. The predicted molar refractivity (Wildman–Crippen MR) is 142 cm³/mol. The molecule has 7 nitrogen and oxygen atoms in total. The Balaban J connectivity index is 1.31. The van der Waals surface area contributed by atoms with Crippen LogP contribution >= 0.6 is 0 Å². The number of aliphatic hydroxyl groups excluding tert-OH is 1. The summed E-state index contributed by atoms with van der Waals surface area (Å²) < 4.78 is 8.25. The zero-order valence-corrected chi connectivity index (χ0v) is 20.6. The van der Waals surface area contributed by atoms with Crippen molar-refractivity contribution < 1.29 is 14.9 Å². The summed E-state index contributed by atoms with van der Waals surface area (Å²) in [5.74, 6) is 1.55. The van der Waals surface area contributed by atoms with Gasteiger partial charge in [0.1, 0.15) is 18.2 Å². The van der Waals surface area contributed by atoms with Crippen LogP contribution in [0.2, 0.25) is 0 Å². The molecule has 0 saturated heterocycles. The third kappa shape index (κ3) is 4.80. The van der Waals surface area contributed by atoms with E-state index in [1.165, 1.54) is 0 Å². The van der Waals surface area contributed by atoms with Crippen LogP contribution in [-0.4, -0.2) is 36.0 Å². The molecule has 0 spiro atoms. The van der Waals surface area contributed by atoms with Gasteiger partial charge in [0.25, 0.3) is 0 Å². The number of imidazole rings is 1. The average Bonchev–Trinajstić information content (AvgIpc) is 3.53. The zero-order chi connectivity index (χ0) is 25.2. The molecule has 2 N–H and O–H groups in total. The SMILES string of the molecule is OC(O)C1(Cc2nc3cc(OCc4ccc5ccccc5n4)ccc3n2Cc2ccccn2)CCCC1. The molecule has 0 amide bonds. The molecule has 0 unspecified atom stereocenters. The summed E-state index contributed by atoms with van der Waals surface area (Å²) in [6.45, 7) is 0.920. The number of pyridine rings is 2. The van der Waals surface area contributed by atoms with Crippen LogP contribution in [0, 0.1) is 5.41 Å². The fourth-order valence-electron chi connectivity index (χ4n) is 5.48. The Hall–Kier alpha value is -3.81. The molecule has 6 rings (SSSR count). The van der Waals surface area contributed by atoms with E-state index in [1.807, 2.05) is 66.7 Å². The number of aliphatic hydroxyl groups is 2. The van der Waals surface area contributed by atoms with Crippen molar-refractivity contribution in [2.75, 3.05) is 0 Å². The van der Waals surface area contributed by atoms with Gasteiger partial charge in [0.05, 0.1) is 34.5 Å². The van der Waals surface area contributed by atoms with E-state index in [2.05, 4.69) is 15.6 Å². The van der Waals surface area contributed by atoms with Crippen LogP contribution in [0.1, 0.15) is 42.9 Å². The third-order valence-corrected chi connectivity index (χ3v) is 7.55. The summed E-state index contributed by atoms with van der Waals surface area (Å²) in [6, 6.07) is 23.9. The smallest absolute Gasteiger partial charge is 0.157 e. The number of hydrogen-bond donors (Lipinski definition) is 2. The first-order valence-electron chi connectivity index (χ1n) is 12.8. The van der Waals surface area contributed by atoms with Crippen molar-refractivity contribution in [3.8, 4) is 5.75 Å². The Morgan fingerprint density at radius 2 is 1.70 bits per heavy atom. The van der Waals surface area contributed by atoms with Gasteiger partial charge in [0, 0.05) is 29.5 Å². The molecule has 37 heavy (non-hydrogen) atoms. The van der Waals surface area contributed by atoms with E-state index in [4.69, 9.17) is 14.7 Å². The van der Waals surface area contributed by atoms with Gasteiger partial charge in [-0.05, 0) is 49.2 Å². The first-order chi connectivity index (χ1) is 18.1. The fraction of sp³-hybridized carbons (Fsp3) is 0.300. The third-order valence-electron chi connectivity index (χ3n) is 7.55. The summed E-state index contributed by atoms with van der Waals surface area (Å²) in [5.41, 5.74) is 3.96. The maximum atomic E-state index is 10.3. The van der Waals surface area contributed by atoms with E-state index >= 15 is 0 Å². The number of nitrogens with zero attached hydrogens (tertiary/aromatic N) is 4. The van der Waals surface area contributed by atoms with Gasteiger partial charge < -0.3 is 19.5 Å². The van der Waals surface area contributed by atoms with Gasteiger partial charge in [0.15, 0.2) is 6.29 Å². The van der Waals surface area contributed by atoms with Crippen LogP contribution in [-0.2, 0) is 19.6 Å². The molecule has 3 aromatic heterocycles. The van der Waals surface area contributed by atoms with Crippen molar-refractivity contribution in [2.24, 2.45) is 5.41 Å². The number of benzene rings is 2. The number of hydrogen-bond acceptors (Lipinski definition) is 6. The molecule has 0 bridgehead atoms. The Labute approximate surface area is 215 Å². The molecule has 1 saturated carbocycles. The molecule has 0 aliphatic heterocycles. The number of fused-ring (bicyclic) bond motifs is 2. The Bertz CT molecular complexity index is 1520. The summed E-state index contributed by atoms with van der Waals surface area (Å²) in [6.07, 6.45) is 4.49. The van der Waals surface area contributed by atoms with E-state index < -0.39 is 11.7 Å². The summed E-state index contributed by atoms with van der Waals surface area (Å²) >= 11 is 0. The monoisotopic (exact) mass is 494 g/mol. The van der Waals surface area contributed by atoms with Crippen LogP contribution in [0.4, 0.5) is 0 Å². The highest BCUT2D eigenvalue weighted by molar-refractivity contribution is 5.79. The van der Waals surface area contributed by atoms with Gasteiger partial charge in [-0.3, -0.25) is 4.98 Å². The molecule has 188 valence electrons. The van der Waals surface area contributed by atoms with Gasteiger partial charge in [0.2, 0.25) is 0 Å². The second-order valence-electron chi connectivity index (χ2n) is 9.99. The number of rotatable bonds is 8. The normalized spacial score (nSPS) is 15.1. The summed E-state index contributed by atoms with van der Waals surface area (Å²) in [7, 11) is 0. The maximum Gasteiger partial charge on any atom is 0.157 e. The van der Waals surface area contributed by atoms with Gasteiger partial charge in [-0.25, -0.2) is 9.97 Å². The summed E-state index contributed by atoms with van der Waals surface area (Å²) in [4.78, 5) is 14.2. The molecule has 7 heteroatoms. The standard InChI is InChI=1S/C30H30N4O3/c35-29(36)30(14-4-5-15-30)18-28-33-26-17-24(12-13-27(26)34(28)19-22-8-3-6-16-31-22)37-20-23-11-10-21-7-1-2-9-25(21)32-23/h1-3,6-13,16-17,29,35-36H,4-5,14-15,18-20H2. The van der Waals surface area contributed by atoms with Crippen LogP contribution in [0.5, 0.6) is 5.75 Å². The van der Waals surface area contributed by atoms with E-state index in [-0.39, 0.29) is 0 Å². The van der Waals surface area contributed by atoms with Crippen LogP contribution in [0.25, 0.3) is 21.9 Å². The molecule has 1 fully saturated rings. The van der Waals surface area contributed by atoms with Crippen molar-refractivity contribution in [3.05, 3.63) is 96.2 Å².